The Morgan fingerprint density at radius 3 is 2.82 bits per heavy atom. The van der Waals surface area contributed by atoms with E-state index in [0.29, 0.717) is 24.5 Å². The smallest absolute Gasteiger partial charge is 0.240 e. The van der Waals surface area contributed by atoms with Gasteiger partial charge in [-0.15, -0.1) is 0 Å². The van der Waals surface area contributed by atoms with Crippen LogP contribution in [0.25, 0.3) is 0 Å². The molecule has 1 N–H and O–H groups in total. The van der Waals surface area contributed by atoms with Crippen molar-refractivity contribution in [2.24, 2.45) is 0 Å². The molecule has 1 aromatic heterocycles. The van der Waals surface area contributed by atoms with Crippen molar-refractivity contribution in [2.45, 2.75) is 17.7 Å². The van der Waals surface area contributed by atoms with Crippen molar-refractivity contribution in [3.63, 3.8) is 0 Å². The van der Waals surface area contributed by atoms with Gasteiger partial charge in [0.2, 0.25) is 16.8 Å². The van der Waals surface area contributed by atoms with E-state index in [0.717, 1.165) is 12.1 Å². The second-order valence-corrected chi connectivity index (χ2v) is 6.60. The molecule has 0 saturated carbocycles. The van der Waals surface area contributed by atoms with Crippen molar-refractivity contribution < 1.29 is 17.9 Å². The van der Waals surface area contributed by atoms with Crippen LogP contribution in [-0.4, -0.2) is 26.7 Å². The fraction of sp³-hybridized carbons (Fsp3) is 0.267. The molecule has 0 fully saturated rings. The first-order chi connectivity index (χ1) is 10.6. The molecule has 0 unspecified atom stereocenters. The number of hydrogen-bond donors (Lipinski definition) is 1. The molecule has 6 nitrogen and oxygen atoms in total. The van der Waals surface area contributed by atoms with Crippen LogP contribution in [0.2, 0.25) is 0 Å². The molecule has 2 aromatic rings. The number of sulfonamides is 1. The first-order valence-corrected chi connectivity index (χ1v) is 8.43. The SMILES string of the molecule is O=S(=O)(NCCCc1ccccn1)c1ccc2c(c1)OCO2. The Labute approximate surface area is 129 Å². The fourth-order valence-electron chi connectivity index (χ4n) is 2.15. The largest absolute Gasteiger partial charge is 0.454 e. The third kappa shape index (κ3) is 3.37. The normalized spacial score (nSPS) is 13.3. The van der Waals surface area contributed by atoms with Crippen LogP contribution in [0.1, 0.15) is 12.1 Å². The first-order valence-electron chi connectivity index (χ1n) is 6.94. The number of nitrogens with one attached hydrogen (secondary N) is 1. The van der Waals surface area contributed by atoms with Gasteiger partial charge in [0.1, 0.15) is 0 Å². The van der Waals surface area contributed by atoms with Crippen molar-refractivity contribution in [1.82, 2.24) is 9.71 Å². The average Bonchev–Trinajstić information content (AvgIpc) is 3.00. The highest BCUT2D eigenvalue weighted by Gasteiger charge is 2.19. The van der Waals surface area contributed by atoms with E-state index in [9.17, 15) is 8.42 Å². The van der Waals surface area contributed by atoms with Crippen LogP contribution in [0, 0.1) is 0 Å². The Morgan fingerprint density at radius 1 is 1.14 bits per heavy atom. The molecule has 116 valence electrons. The summed E-state index contributed by atoms with van der Waals surface area (Å²) >= 11 is 0. The van der Waals surface area contributed by atoms with Crippen LogP contribution in [0.15, 0.2) is 47.5 Å². The van der Waals surface area contributed by atoms with Gasteiger partial charge in [-0.3, -0.25) is 4.98 Å². The second kappa shape index (κ2) is 6.33. The highest BCUT2D eigenvalue weighted by molar-refractivity contribution is 7.89. The number of ether oxygens (including phenoxy) is 2. The molecule has 7 heteroatoms. The zero-order valence-electron chi connectivity index (χ0n) is 11.9. The van der Waals surface area contributed by atoms with E-state index in [4.69, 9.17) is 9.47 Å². The lowest BCUT2D eigenvalue weighted by atomic mass is 10.2. The lowest BCUT2D eigenvalue weighted by Crippen LogP contribution is -2.25. The summed E-state index contributed by atoms with van der Waals surface area (Å²) in [6, 6.07) is 10.3. The van der Waals surface area contributed by atoms with Crippen LogP contribution in [0.5, 0.6) is 11.5 Å². The van der Waals surface area contributed by atoms with Crippen LogP contribution in [0.3, 0.4) is 0 Å². The van der Waals surface area contributed by atoms with E-state index < -0.39 is 10.0 Å². The molecule has 1 aliphatic rings. The number of fused-ring (bicyclic) bond motifs is 1. The summed E-state index contributed by atoms with van der Waals surface area (Å²) in [5.41, 5.74) is 0.949. The second-order valence-electron chi connectivity index (χ2n) is 4.84. The number of aromatic nitrogens is 1. The summed E-state index contributed by atoms with van der Waals surface area (Å²) in [7, 11) is -3.54. The maximum absolute atomic E-state index is 12.2. The maximum atomic E-state index is 12.2. The van der Waals surface area contributed by atoms with Gasteiger partial charge in [0.15, 0.2) is 11.5 Å². The van der Waals surface area contributed by atoms with Gasteiger partial charge in [-0.1, -0.05) is 6.07 Å². The van der Waals surface area contributed by atoms with E-state index in [1.165, 1.54) is 12.1 Å². The summed E-state index contributed by atoms with van der Waals surface area (Å²) < 4.78 is 37.4. The van der Waals surface area contributed by atoms with Crippen LogP contribution in [-0.2, 0) is 16.4 Å². The fourth-order valence-corrected chi connectivity index (χ4v) is 3.24. The molecular formula is C15H16N2O4S. The summed E-state index contributed by atoms with van der Waals surface area (Å²) in [6.07, 6.45) is 3.14. The quantitative estimate of drug-likeness (QED) is 0.820. The average molecular weight is 320 g/mol. The molecule has 0 amide bonds. The Hall–Kier alpha value is -2.12. The molecule has 0 saturated heterocycles. The van der Waals surface area contributed by atoms with Gasteiger partial charge in [-0.2, -0.15) is 0 Å². The van der Waals surface area contributed by atoms with Gasteiger partial charge < -0.3 is 9.47 Å². The van der Waals surface area contributed by atoms with E-state index in [2.05, 4.69) is 9.71 Å². The molecular weight excluding hydrogens is 304 g/mol. The molecule has 0 bridgehead atoms. The maximum Gasteiger partial charge on any atom is 0.240 e. The molecule has 0 aliphatic carbocycles. The molecule has 22 heavy (non-hydrogen) atoms. The number of rotatable bonds is 6. The van der Waals surface area contributed by atoms with E-state index in [-0.39, 0.29) is 11.7 Å². The van der Waals surface area contributed by atoms with E-state index in [1.807, 2.05) is 18.2 Å². The van der Waals surface area contributed by atoms with Crippen molar-refractivity contribution in [3.8, 4) is 11.5 Å². The molecule has 1 aromatic carbocycles. The lowest BCUT2D eigenvalue weighted by molar-refractivity contribution is 0.174. The van der Waals surface area contributed by atoms with Crippen molar-refractivity contribution in [2.75, 3.05) is 13.3 Å². The van der Waals surface area contributed by atoms with Gasteiger partial charge >= 0.3 is 0 Å². The van der Waals surface area contributed by atoms with Crippen LogP contribution < -0.4 is 14.2 Å². The highest BCUT2D eigenvalue weighted by Crippen LogP contribution is 2.33. The monoisotopic (exact) mass is 320 g/mol. The Kier molecular flexibility index (Phi) is 4.26. The predicted molar refractivity (Wildman–Crippen MR) is 80.3 cm³/mol. The Bertz CT molecular complexity index is 747. The zero-order chi connectivity index (χ0) is 15.4. The van der Waals surface area contributed by atoms with Crippen LogP contribution >= 0.6 is 0 Å². The Balaban J connectivity index is 1.57. The molecule has 2 heterocycles. The molecule has 3 rings (SSSR count). The number of nitrogens with zero attached hydrogens (tertiary/aromatic N) is 1. The van der Waals surface area contributed by atoms with Gasteiger partial charge in [0, 0.05) is 24.5 Å². The molecule has 0 atom stereocenters. The van der Waals surface area contributed by atoms with Gasteiger partial charge in [-0.05, 0) is 37.1 Å². The summed E-state index contributed by atoms with van der Waals surface area (Å²) in [5.74, 6) is 1.02. The first kappa shape index (κ1) is 14.8. The number of aryl methyl sites for hydroxylation is 1. The minimum absolute atomic E-state index is 0.121. The van der Waals surface area contributed by atoms with Crippen molar-refractivity contribution in [1.29, 1.82) is 0 Å². The van der Waals surface area contributed by atoms with Gasteiger partial charge in [0.25, 0.3) is 0 Å². The number of benzene rings is 1. The predicted octanol–water partition coefficient (Wildman–Crippen LogP) is 1.72. The van der Waals surface area contributed by atoms with E-state index >= 15 is 0 Å². The third-order valence-electron chi connectivity index (χ3n) is 3.28. The van der Waals surface area contributed by atoms with Gasteiger partial charge in [0.05, 0.1) is 4.90 Å². The highest BCUT2D eigenvalue weighted by atomic mass is 32.2. The standard InChI is InChI=1S/C15H16N2O4S/c18-22(19,13-6-7-14-15(10-13)21-11-20-14)17-9-3-5-12-4-1-2-8-16-12/h1-2,4,6-8,10,17H,3,5,9,11H2. The third-order valence-corrected chi connectivity index (χ3v) is 4.74. The minimum atomic E-state index is -3.54. The zero-order valence-corrected chi connectivity index (χ0v) is 12.7. The van der Waals surface area contributed by atoms with Gasteiger partial charge in [-0.25, -0.2) is 13.1 Å². The topological polar surface area (TPSA) is 77.5 Å². The summed E-state index contributed by atoms with van der Waals surface area (Å²) in [4.78, 5) is 4.38. The molecule has 1 aliphatic heterocycles. The summed E-state index contributed by atoms with van der Waals surface area (Å²) in [6.45, 7) is 0.476. The molecule has 0 spiro atoms. The Morgan fingerprint density at radius 2 is 2.00 bits per heavy atom. The number of hydrogen-bond acceptors (Lipinski definition) is 5. The number of pyridine rings is 1. The minimum Gasteiger partial charge on any atom is -0.454 e. The lowest BCUT2D eigenvalue weighted by Gasteiger charge is -2.07. The van der Waals surface area contributed by atoms with Crippen molar-refractivity contribution in [3.05, 3.63) is 48.3 Å². The van der Waals surface area contributed by atoms with E-state index in [1.54, 1.807) is 12.3 Å². The van der Waals surface area contributed by atoms with Crippen LogP contribution in [0.4, 0.5) is 0 Å². The van der Waals surface area contributed by atoms with Crippen molar-refractivity contribution >= 4 is 10.0 Å². The summed E-state index contributed by atoms with van der Waals surface area (Å²) in [5, 5.41) is 0. The molecule has 0 radical (unpaired) electrons.